The fraction of sp³-hybridized carbons (Fsp3) is 0.382. The number of halogens is 1. The largest absolute Gasteiger partial charge is 0.444 e. The van der Waals surface area contributed by atoms with E-state index < -0.39 is 23.4 Å². The fourth-order valence-corrected chi connectivity index (χ4v) is 5.26. The molecule has 0 atom stereocenters. The van der Waals surface area contributed by atoms with Gasteiger partial charge in [-0.3, -0.25) is 5.32 Å². The Morgan fingerprint density at radius 1 is 0.864 bits per heavy atom. The summed E-state index contributed by atoms with van der Waals surface area (Å²) in [5.41, 5.74) is 3.18. The molecule has 0 aliphatic carbocycles. The summed E-state index contributed by atoms with van der Waals surface area (Å²) in [5.74, 6) is 0. The molecular formula is C34H40BrN5O4. The van der Waals surface area contributed by atoms with Crippen LogP contribution in [0.25, 0.3) is 11.1 Å². The minimum atomic E-state index is -0.743. The highest BCUT2D eigenvalue weighted by Crippen LogP contribution is 2.40. The van der Waals surface area contributed by atoms with E-state index in [-0.39, 0.29) is 6.54 Å². The van der Waals surface area contributed by atoms with E-state index in [0.717, 1.165) is 34.5 Å². The second kappa shape index (κ2) is 13.6. The lowest BCUT2D eigenvalue weighted by atomic mass is 9.93. The van der Waals surface area contributed by atoms with Crippen molar-refractivity contribution in [2.45, 2.75) is 59.3 Å². The second-order valence-electron chi connectivity index (χ2n) is 12.6. The van der Waals surface area contributed by atoms with Crippen LogP contribution in [0.15, 0.2) is 65.1 Å². The smallest absolute Gasteiger partial charge is 0.412 e. The molecule has 0 bridgehead atoms. The number of piperazine rings is 1. The van der Waals surface area contributed by atoms with E-state index in [1.54, 1.807) is 41.5 Å². The van der Waals surface area contributed by atoms with Crippen molar-refractivity contribution in [1.29, 1.82) is 5.26 Å². The quantitative estimate of drug-likeness (QED) is 0.279. The van der Waals surface area contributed by atoms with E-state index >= 15 is 0 Å². The molecule has 1 heterocycles. The number of hydrogen-bond acceptors (Lipinski definition) is 7. The lowest BCUT2D eigenvalue weighted by Crippen LogP contribution is -2.47. The van der Waals surface area contributed by atoms with E-state index in [1.807, 2.05) is 48.5 Å². The van der Waals surface area contributed by atoms with Gasteiger partial charge in [0.15, 0.2) is 0 Å². The van der Waals surface area contributed by atoms with Crippen LogP contribution in [0.1, 0.15) is 52.7 Å². The minimum absolute atomic E-state index is 0.0513. The summed E-state index contributed by atoms with van der Waals surface area (Å²) in [6, 6.07) is 22.3. The summed E-state index contributed by atoms with van der Waals surface area (Å²) in [6.45, 7) is 13.5. The number of hydrogen-bond donors (Lipinski definition) is 2. The van der Waals surface area contributed by atoms with Gasteiger partial charge in [0.05, 0.1) is 16.9 Å². The van der Waals surface area contributed by atoms with Gasteiger partial charge in [0.2, 0.25) is 0 Å². The molecule has 9 nitrogen and oxygen atoms in total. The lowest BCUT2D eigenvalue weighted by molar-refractivity contribution is 0.0523. The Bertz CT molecular complexity index is 1510. The van der Waals surface area contributed by atoms with E-state index in [9.17, 15) is 14.9 Å². The first-order valence-corrected chi connectivity index (χ1v) is 15.4. The van der Waals surface area contributed by atoms with Crippen LogP contribution in [0.4, 0.5) is 26.7 Å². The van der Waals surface area contributed by atoms with Gasteiger partial charge in [0.1, 0.15) is 17.3 Å². The average Bonchev–Trinajstić information content (AvgIpc) is 2.95. The number of carbonyl (C=O) groups is 2. The van der Waals surface area contributed by atoms with Crippen LogP contribution in [0.3, 0.4) is 0 Å². The van der Waals surface area contributed by atoms with Crippen molar-refractivity contribution in [2.75, 3.05) is 41.3 Å². The highest BCUT2D eigenvalue weighted by molar-refractivity contribution is 9.10. The number of nitriles is 1. The number of alkyl carbamates (subject to hydrolysis) is 1. The van der Waals surface area contributed by atoms with Crippen molar-refractivity contribution < 1.29 is 19.1 Å². The van der Waals surface area contributed by atoms with Crippen molar-refractivity contribution in [3.8, 4) is 17.2 Å². The minimum Gasteiger partial charge on any atom is -0.444 e. The summed E-state index contributed by atoms with van der Waals surface area (Å²) in [6.07, 6.45) is -1.29. The molecule has 0 spiro atoms. The Kier molecular flexibility index (Phi) is 10.1. The van der Waals surface area contributed by atoms with Gasteiger partial charge in [-0.2, -0.15) is 5.26 Å². The average molecular weight is 663 g/mol. The van der Waals surface area contributed by atoms with E-state index in [1.165, 1.54) is 0 Å². The molecule has 2 amide bonds. The molecule has 2 N–H and O–H groups in total. The zero-order valence-electron chi connectivity index (χ0n) is 26.2. The molecule has 0 unspecified atom stereocenters. The number of carbonyl (C=O) groups excluding carboxylic acids is 2. The van der Waals surface area contributed by atoms with Gasteiger partial charge >= 0.3 is 12.2 Å². The van der Waals surface area contributed by atoms with Gasteiger partial charge in [-0.25, -0.2) is 9.59 Å². The zero-order chi connectivity index (χ0) is 32.1. The van der Waals surface area contributed by atoms with Crippen molar-refractivity contribution in [1.82, 2.24) is 5.32 Å². The Hall–Kier alpha value is -4.23. The van der Waals surface area contributed by atoms with Gasteiger partial charge in [-0.05, 0) is 77.4 Å². The molecule has 3 aromatic carbocycles. The van der Waals surface area contributed by atoms with Crippen LogP contribution in [0.2, 0.25) is 0 Å². The third-order valence-corrected chi connectivity index (χ3v) is 7.38. The predicted molar refractivity (Wildman–Crippen MR) is 178 cm³/mol. The third kappa shape index (κ3) is 8.66. The molecule has 1 aliphatic rings. The van der Waals surface area contributed by atoms with Crippen LogP contribution in [-0.2, 0) is 16.0 Å². The monoisotopic (exact) mass is 661 g/mol. The maximum Gasteiger partial charge on any atom is 0.412 e. The summed E-state index contributed by atoms with van der Waals surface area (Å²) >= 11 is 3.51. The topological polar surface area (TPSA) is 107 Å². The fourth-order valence-electron chi connectivity index (χ4n) is 5.00. The van der Waals surface area contributed by atoms with Gasteiger partial charge in [-0.1, -0.05) is 46.3 Å². The normalized spacial score (nSPS) is 13.6. The molecule has 4 rings (SSSR count). The number of amides is 2. The molecule has 232 valence electrons. The lowest BCUT2D eigenvalue weighted by Gasteiger charge is -2.38. The molecule has 0 saturated carbocycles. The summed E-state index contributed by atoms with van der Waals surface area (Å²) in [4.78, 5) is 30.4. The second-order valence-corrected chi connectivity index (χ2v) is 13.5. The molecule has 10 heteroatoms. The van der Waals surface area contributed by atoms with E-state index in [0.29, 0.717) is 35.5 Å². The summed E-state index contributed by atoms with van der Waals surface area (Å²) in [7, 11) is 0. The molecule has 44 heavy (non-hydrogen) atoms. The number of nitrogens with one attached hydrogen (secondary N) is 2. The molecule has 0 aromatic heterocycles. The van der Waals surface area contributed by atoms with Crippen LogP contribution >= 0.6 is 15.9 Å². The van der Waals surface area contributed by atoms with Gasteiger partial charge < -0.3 is 24.6 Å². The van der Waals surface area contributed by atoms with Crippen molar-refractivity contribution in [3.05, 3.63) is 76.3 Å². The third-order valence-electron chi connectivity index (χ3n) is 6.85. The Morgan fingerprint density at radius 3 is 2.00 bits per heavy atom. The summed E-state index contributed by atoms with van der Waals surface area (Å²) in [5, 5.41) is 16.3. The van der Waals surface area contributed by atoms with Gasteiger partial charge in [0, 0.05) is 54.0 Å². The van der Waals surface area contributed by atoms with Crippen molar-refractivity contribution in [3.63, 3.8) is 0 Å². The molecule has 1 saturated heterocycles. The first kappa shape index (κ1) is 32.7. The first-order valence-electron chi connectivity index (χ1n) is 14.6. The summed E-state index contributed by atoms with van der Waals surface area (Å²) < 4.78 is 12.0. The predicted octanol–water partition coefficient (Wildman–Crippen LogP) is 7.69. The molecule has 1 fully saturated rings. The highest BCUT2D eigenvalue weighted by Gasteiger charge is 2.28. The Morgan fingerprint density at radius 2 is 1.43 bits per heavy atom. The Balaban J connectivity index is 1.81. The SMILES string of the molecule is CC(C)(C)OC(=O)NCc1c(C#N)c(N2CCN(c3ccccc3)CC2)cc(-c2ccc(Br)cc2)c1NC(=O)OC(C)(C)C. The highest BCUT2D eigenvalue weighted by atomic mass is 79.9. The number of anilines is 3. The number of nitrogens with zero attached hydrogens (tertiary/aromatic N) is 3. The van der Waals surface area contributed by atoms with Gasteiger partial charge in [0.25, 0.3) is 0 Å². The van der Waals surface area contributed by atoms with Crippen LogP contribution in [0.5, 0.6) is 0 Å². The number of benzene rings is 3. The maximum absolute atomic E-state index is 13.1. The van der Waals surface area contributed by atoms with Crippen LogP contribution in [0, 0.1) is 11.3 Å². The first-order chi connectivity index (χ1) is 20.7. The zero-order valence-corrected chi connectivity index (χ0v) is 27.7. The maximum atomic E-state index is 13.1. The number of ether oxygens (including phenoxy) is 2. The standard InChI is InChI=1S/C34H40BrN5O4/c1-33(2,3)43-31(41)37-22-28-27(21-36)29(40-18-16-39(17-19-40)25-10-8-7-9-11-25)20-26(23-12-14-24(35)15-13-23)30(28)38-32(42)44-34(4,5)6/h7-15,20H,16-19,22H2,1-6H3,(H,37,41)(H,38,42). The molecule has 0 radical (unpaired) electrons. The van der Waals surface area contributed by atoms with Crippen molar-refractivity contribution >= 4 is 45.2 Å². The molecule has 3 aromatic rings. The van der Waals surface area contributed by atoms with Gasteiger partial charge in [-0.15, -0.1) is 0 Å². The number of para-hydroxylation sites is 1. The van der Waals surface area contributed by atoms with Crippen molar-refractivity contribution in [2.24, 2.45) is 0 Å². The van der Waals surface area contributed by atoms with E-state index in [4.69, 9.17) is 9.47 Å². The molecular weight excluding hydrogens is 622 g/mol. The van der Waals surface area contributed by atoms with Crippen LogP contribution < -0.4 is 20.4 Å². The number of rotatable bonds is 6. The molecule has 1 aliphatic heterocycles. The Labute approximate surface area is 268 Å². The van der Waals surface area contributed by atoms with E-state index in [2.05, 4.69) is 54.6 Å². The van der Waals surface area contributed by atoms with Crippen LogP contribution in [-0.4, -0.2) is 49.6 Å².